The van der Waals surface area contributed by atoms with Crippen LogP contribution in [0, 0.1) is 0 Å². The fourth-order valence-electron chi connectivity index (χ4n) is 5.90. The zero-order chi connectivity index (χ0) is 41.3. The normalized spacial score (nSPS) is 12.6. The average Bonchev–Trinajstić information content (AvgIpc) is 3.08. The SMILES string of the molecule is CC(C)(C)c1ccc(COC(=O)c2ccc(C(c3ccc(C(=O)O)c(C(=O)OCc4ccc(C(C)(C)C)cc4)c3)(C(F)(F)F)C(F)(F)F)cc2C(=O)O)cc1. The summed E-state index contributed by atoms with van der Waals surface area (Å²) in [4.78, 5) is 50.5. The number of carbonyl (C=O) groups excluding carboxylic acids is 2. The smallest absolute Gasteiger partial charge is 0.411 e. The lowest BCUT2D eigenvalue weighted by atomic mass is 9.71. The van der Waals surface area contributed by atoms with Crippen molar-refractivity contribution in [1.29, 1.82) is 0 Å². The van der Waals surface area contributed by atoms with Crippen molar-refractivity contribution in [2.75, 3.05) is 0 Å². The second-order valence-electron chi connectivity index (χ2n) is 14.9. The van der Waals surface area contributed by atoms with Gasteiger partial charge in [0.15, 0.2) is 0 Å². The molecule has 0 spiro atoms. The van der Waals surface area contributed by atoms with Gasteiger partial charge in [-0.05, 0) is 68.5 Å². The van der Waals surface area contributed by atoms with Crippen molar-refractivity contribution in [2.45, 2.75) is 83.4 Å². The highest BCUT2D eigenvalue weighted by Crippen LogP contribution is 2.56. The number of carbonyl (C=O) groups is 4. The molecule has 0 bridgehead atoms. The summed E-state index contributed by atoms with van der Waals surface area (Å²) < 4.78 is 101. The number of benzene rings is 4. The van der Waals surface area contributed by atoms with Crippen molar-refractivity contribution >= 4 is 23.9 Å². The molecule has 0 heterocycles. The molecular formula is C41H38F6O8. The number of ether oxygens (including phenoxy) is 2. The van der Waals surface area contributed by atoms with Crippen LogP contribution in [0.25, 0.3) is 0 Å². The second kappa shape index (κ2) is 15.2. The molecule has 0 saturated heterocycles. The topological polar surface area (TPSA) is 127 Å². The number of carboxylic acids is 2. The molecule has 0 unspecified atom stereocenters. The molecule has 0 fully saturated rings. The maximum atomic E-state index is 15.1. The van der Waals surface area contributed by atoms with E-state index in [0.29, 0.717) is 23.3 Å². The summed E-state index contributed by atoms with van der Waals surface area (Å²) in [6.45, 7) is 10.9. The summed E-state index contributed by atoms with van der Waals surface area (Å²) in [6.07, 6.45) is -12.5. The molecule has 0 aliphatic carbocycles. The van der Waals surface area contributed by atoms with E-state index in [-0.39, 0.29) is 35.1 Å². The Morgan fingerprint density at radius 2 is 0.800 bits per heavy atom. The second-order valence-corrected chi connectivity index (χ2v) is 14.9. The summed E-state index contributed by atoms with van der Waals surface area (Å²) in [7, 11) is 0. The van der Waals surface area contributed by atoms with Crippen LogP contribution >= 0.6 is 0 Å². The van der Waals surface area contributed by atoms with Crippen LogP contribution in [0.1, 0.15) is 116 Å². The van der Waals surface area contributed by atoms with Crippen LogP contribution < -0.4 is 0 Å². The van der Waals surface area contributed by atoms with Crippen LogP contribution in [0.4, 0.5) is 26.3 Å². The van der Waals surface area contributed by atoms with Crippen LogP contribution in [0.2, 0.25) is 0 Å². The summed E-state index contributed by atoms with van der Waals surface area (Å²) >= 11 is 0. The van der Waals surface area contributed by atoms with Crippen molar-refractivity contribution in [1.82, 2.24) is 0 Å². The molecule has 0 aliphatic rings. The van der Waals surface area contributed by atoms with Gasteiger partial charge >= 0.3 is 36.2 Å². The Hall–Kier alpha value is -5.66. The van der Waals surface area contributed by atoms with Crippen LogP contribution in [0.5, 0.6) is 0 Å². The minimum Gasteiger partial charge on any atom is -0.478 e. The quantitative estimate of drug-likeness (QED) is 0.121. The average molecular weight is 773 g/mol. The Morgan fingerprint density at radius 1 is 0.473 bits per heavy atom. The Balaban J connectivity index is 1.78. The number of esters is 2. The highest BCUT2D eigenvalue weighted by Gasteiger charge is 2.72. The first-order valence-electron chi connectivity index (χ1n) is 16.7. The van der Waals surface area contributed by atoms with Crippen LogP contribution in [0.15, 0.2) is 84.9 Å². The number of hydrogen-bond acceptors (Lipinski definition) is 6. The van der Waals surface area contributed by atoms with E-state index < -0.39 is 88.2 Å². The molecule has 0 aliphatic heterocycles. The highest BCUT2D eigenvalue weighted by atomic mass is 19.4. The van der Waals surface area contributed by atoms with Gasteiger partial charge in [-0.1, -0.05) is 102 Å². The van der Waals surface area contributed by atoms with Gasteiger partial charge in [0.2, 0.25) is 5.41 Å². The lowest BCUT2D eigenvalue weighted by molar-refractivity contribution is -0.288. The highest BCUT2D eigenvalue weighted by molar-refractivity contribution is 6.03. The molecular weight excluding hydrogens is 734 g/mol. The molecule has 4 rings (SSSR count). The van der Waals surface area contributed by atoms with Gasteiger partial charge in [-0.2, -0.15) is 26.3 Å². The Bertz CT molecular complexity index is 2070. The first-order valence-corrected chi connectivity index (χ1v) is 16.7. The standard InChI is InChI=1S/C41H38F6O8/c1-37(2,3)25-11-7-23(8-12-25)21-54-35(52)30-18-16-27(19-31(30)34(50)51)39(40(42,43)44,41(45,46)47)28-15-17-29(33(48)49)32(20-28)36(53)55-22-24-9-13-26(14-10-24)38(4,5)6/h7-20H,21-22H2,1-6H3,(H,48,49)(H,50,51). The van der Waals surface area contributed by atoms with E-state index in [0.717, 1.165) is 11.1 Å². The fourth-order valence-corrected chi connectivity index (χ4v) is 5.90. The van der Waals surface area contributed by atoms with Crippen LogP contribution in [-0.4, -0.2) is 46.4 Å². The van der Waals surface area contributed by atoms with Crippen molar-refractivity contribution < 1.29 is 65.2 Å². The third-order valence-electron chi connectivity index (χ3n) is 9.04. The van der Waals surface area contributed by atoms with Crippen molar-refractivity contribution in [3.63, 3.8) is 0 Å². The van der Waals surface area contributed by atoms with E-state index in [2.05, 4.69) is 0 Å². The van der Waals surface area contributed by atoms with E-state index in [1.54, 1.807) is 48.5 Å². The maximum Gasteiger partial charge on any atom is 0.411 e. The summed E-state index contributed by atoms with van der Waals surface area (Å²) in [5.74, 6) is -6.76. The molecule has 14 heteroatoms. The summed E-state index contributed by atoms with van der Waals surface area (Å²) in [5, 5.41) is 19.6. The molecule has 4 aromatic carbocycles. The molecule has 55 heavy (non-hydrogen) atoms. The lowest BCUT2D eigenvalue weighted by Crippen LogP contribution is -2.55. The van der Waals surface area contributed by atoms with E-state index in [4.69, 9.17) is 9.47 Å². The number of aromatic carboxylic acids is 2. The number of alkyl halides is 6. The van der Waals surface area contributed by atoms with Gasteiger partial charge in [-0.25, -0.2) is 19.2 Å². The fraction of sp³-hybridized carbons (Fsp3) is 0.317. The van der Waals surface area contributed by atoms with Crippen LogP contribution in [0.3, 0.4) is 0 Å². The van der Waals surface area contributed by atoms with Gasteiger partial charge in [-0.3, -0.25) is 0 Å². The van der Waals surface area contributed by atoms with E-state index in [1.807, 2.05) is 41.5 Å². The lowest BCUT2D eigenvalue weighted by Gasteiger charge is -2.38. The van der Waals surface area contributed by atoms with Gasteiger partial charge in [0, 0.05) is 0 Å². The number of halogens is 6. The monoisotopic (exact) mass is 772 g/mol. The largest absolute Gasteiger partial charge is 0.478 e. The molecule has 2 N–H and O–H groups in total. The Kier molecular flexibility index (Phi) is 11.7. The predicted octanol–water partition coefficient (Wildman–Crippen LogP) is 9.80. The third kappa shape index (κ3) is 8.84. The molecule has 0 radical (unpaired) electrons. The molecule has 0 saturated carbocycles. The molecule has 8 nitrogen and oxygen atoms in total. The number of hydrogen-bond donors (Lipinski definition) is 2. The van der Waals surface area contributed by atoms with Gasteiger partial charge in [-0.15, -0.1) is 0 Å². The molecule has 4 aromatic rings. The van der Waals surface area contributed by atoms with Crippen molar-refractivity contribution in [3.8, 4) is 0 Å². The van der Waals surface area contributed by atoms with Gasteiger partial charge in [0.1, 0.15) is 13.2 Å². The third-order valence-corrected chi connectivity index (χ3v) is 9.04. The minimum absolute atomic E-state index is 0.0579. The Labute approximate surface area is 312 Å². The van der Waals surface area contributed by atoms with E-state index in [1.165, 1.54) is 0 Å². The van der Waals surface area contributed by atoms with Crippen molar-refractivity contribution in [3.05, 3.63) is 141 Å². The molecule has 0 aromatic heterocycles. The molecule has 292 valence electrons. The minimum atomic E-state index is -6.27. The maximum absolute atomic E-state index is 15.1. The van der Waals surface area contributed by atoms with E-state index in [9.17, 15) is 29.4 Å². The van der Waals surface area contributed by atoms with Gasteiger partial charge in [0.05, 0.1) is 22.3 Å². The number of rotatable bonds is 10. The summed E-state index contributed by atoms with van der Waals surface area (Å²) in [6, 6.07) is 15.0. The van der Waals surface area contributed by atoms with Gasteiger partial charge in [0.25, 0.3) is 0 Å². The first-order chi connectivity index (χ1) is 25.3. The van der Waals surface area contributed by atoms with Crippen molar-refractivity contribution in [2.24, 2.45) is 0 Å². The predicted molar refractivity (Wildman–Crippen MR) is 188 cm³/mol. The molecule has 0 atom stereocenters. The number of carboxylic acid groups (broad SMARTS) is 2. The summed E-state index contributed by atoms with van der Waals surface area (Å²) in [5.41, 5.74) is -10.2. The molecule has 0 amide bonds. The first kappa shape index (κ1) is 42.1. The van der Waals surface area contributed by atoms with Gasteiger partial charge < -0.3 is 19.7 Å². The zero-order valence-electron chi connectivity index (χ0n) is 30.6. The zero-order valence-corrected chi connectivity index (χ0v) is 30.6. The van der Waals surface area contributed by atoms with Crippen LogP contribution in [-0.2, 0) is 38.9 Å². The van der Waals surface area contributed by atoms with E-state index >= 15 is 26.3 Å². The Morgan fingerprint density at radius 3 is 1.15 bits per heavy atom.